The van der Waals surface area contributed by atoms with Crippen molar-refractivity contribution < 1.29 is 19.4 Å². The fourth-order valence-corrected chi connectivity index (χ4v) is 4.77. The molecule has 6 nitrogen and oxygen atoms in total. The minimum Gasteiger partial charge on any atom is -0.493 e. The topological polar surface area (TPSA) is 85.0 Å². The minimum atomic E-state index is -0.566. The monoisotopic (exact) mass is 382 g/mol. The lowest BCUT2D eigenvalue weighted by molar-refractivity contribution is -0.119. The Balaban J connectivity index is 1.66. The summed E-state index contributed by atoms with van der Waals surface area (Å²) in [5.74, 6) is 1.57. The van der Waals surface area contributed by atoms with Crippen LogP contribution in [0.15, 0.2) is 12.1 Å². The lowest BCUT2D eigenvalue weighted by Gasteiger charge is -2.26. The highest BCUT2D eigenvalue weighted by Gasteiger charge is 2.42. The van der Waals surface area contributed by atoms with E-state index in [0.29, 0.717) is 34.4 Å². The van der Waals surface area contributed by atoms with E-state index in [-0.39, 0.29) is 12.7 Å². The summed E-state index contributed by atoms with van der Waals surface area (Å²) in [4.78, 5) is 13.3. The van der Waals surface area contributed by atoms with Crippen molar-refractivity contribution in [2.24, 2.45) is 17.6 Å². The Morgan fingerprint density at radius 1 is 1.31 bits per heavy atom. The van der Waals surface area contributed by atoms with Crippen molar-refractivity contribution in [1.82, 2.24) is 4.90 Å². The quantitative estimate of drug-likeness (QED) is 0.755. The fourth-order valence-electron chi connectivity index (χ4n) is 4.48. The molecule has 0 bridgehead atoms. The number of hydrogen-bond donors (Lipinski definition) is 2. The van der Waals surface area contributed by atoms with Gasteiger partial charge >= 0.3 is 0 Å². The smallest absolute Gasteiger partial charge is 0.255 e. The summed E-state index contributed by atoms with van der Waals surface area (Å²) in [5, 5.41) is 10.2. The van der Waals surface area contributed by atoms with Gasteiger partial charge in [0.1, 0.15) is 0 Å². The molecule has 3 N–H and O–H groups in total. The van der Waals surface area contributed by atoms with Crippen molar-refractivity contribution in [3.05, 3.63) is 22.7 Å². The molecule has 7 heteroatoms. The summed E-state index contributed by atoms with van der Waals surface area (Å²) >= 11 is 6.33. The standard InChI is InChI=1S/C19H27ClN2O4/c1-22(14-5-12-7-15(23)8-13(12)6-14)9-11-3-16(20)19(17(4-11)25-2)26-10-18(21)24/h3-4,12-15,23H,5-10H2,1-2H3,(H2,21,24)/t12-,13+,14?,15?. The van der Waals surface area contributed by atoms with Gasteiger partial charge in [-0.1, -0.05) is 11.6 Å². The first-order valence-corrected chi connectivity index (χ1v) is 9.41. The van der Waals surface area contributed by atoms with Crippen LogP contribution in [-0.4, -0.2) is 48.8 Å². The number of halogens is 1. The molecule has 26 heavy (non-hydrogen) atoms. The number of amides is 1. The molecule has 0 aliphatic heterocycles. The summed E-state index contributed by atoms with van der Waals surface area (Å²) in [5.41, 5.74) is 6.15. The molecule has 4 atom stereocenters. The highest BCUT2D eigenvalue weighted by Crippen LogP contribution is 2.46. The van der Waals surface area contributed by atoms with E-state index in [1.165, 1.54) is 0 Å². The number of rotatable bonds is 7. The first kappa shape index (κ1) is 19.3. The van der Waals surface area contributed by atoms with Crippen LogP contribution < -0.4 is 15.2 Å². The fraction of sp³-hybridized carbons (Fsp3) is 0.632. The maximum Gasteiger partial charge on any atom is 0.255 e. The molecule has 2 fully saturated rings. The molecule has 0 saturated heterocycles. The van der Waals surface area contributed by atoms with Crippen LogP contribution in [0.25, 0.3) is 0 Å². The van der Waals surface area contributed by atoms with Crippen molar-refractivity contribution in [3.8, 4) is 11.5 Å². The SMILES string of the molecule is COc1cc(CN(C)C2C[C@H]3CC(O)C[C@H]3C2)cc(Cl)c1OCC(N)=O. The number of aliphatic hydroxyl groups is 1. The van der Waals surface area contributed by atoms with E-state index in [1.54, 1.807) is 7.11 Å². The first-order chi connectivity index (χ1) is 12.4. The van der Waals surface area contributed by atoms with E-state index in [9.17, 15) is 9.90 Å². The molecule has 0 aromatic heterocycles. The second-order valence-corrected chi connectivity index (χ2v) is 7.96. The number of hydrogen-bond acceptors (Lipinski definition) is 5. The van der Waals surface area contributed by atoms with Gasteiger partial charge in [-0.05, 0) is 62.3 Å². The largest absolute Gasteiger partial charge is 0.493 e. The number of methoxy groups -OCH3 is 1. The van der Waals surface area contributed by atoms with Crippen molar-refractivity contribution in [2.45, 2.75) is 44.4 Å². The van der Waals surface area contributed by atoms with Crippen molar-refractivity contribution >= 4 is 17.5 Å². The van der Waals surface area contributed by atoms with Gasteiger partial charge in [0.2, 0.25) is 0 Å². The molecule has 0 radical (unpaired) electrons. The van der Waals surface area contributed by atoms with Crippen LogP contribution in [0.2, 0.25) is 5.02 Å². The zero-order valence-corrected chi connectivity index (χ0v) is 16.0. The number of aliphatic hydroxyl groups excluding tert-OH is 1. The Labute approximate surface area is 159 Å². The van der Waals surface area contributed by atoms with E-state index < -0.39 is 5.91 Å². The summed E-state index contributed by atoms with van der Waals surface area (Å²) in [7, 11) is 3.67. The van der Waals surface area contributed by atoms with E-state index in [1.807, 2.05) is 12.1 Å². The maximum atomic E-state index is 10.9. The molecule has 3 rings (SSSR count). The van der Waals surface area contributed by atoms with Crippen LogP contribution in [0.5, 0.6) is 11.5 Å². The summed E-state index contributed by atoms with van der Waals surface area (Å²) in [6.07, 6.45) is 4.07. The molecule has 2 unspecified atom stereocenters. The maximum absolute atomic E-state index is 10.9. The predicted octanol–water partition coefficient (Wildman–Crippen LogP) is 2.19. The molecule has 1 aromatic carbocycles. The van der Waals surface area contributed by atoms with E-state index in [0.717, 1.165) is 37.8 Å². The van der Waals surface area contributed by atoms with Gasteiger partial charge in [-0.25, -0.2) is 0 Å². The summed E-state index contributed by atoms with van der Waals surface area (Å²) in [6.45, 7) is 0.505. The van der Waals surface area contributed by atoms with Gasteiger partial charge < -0.3 is 20.3 Å². The number of nitrogens with zero attached hydrogens (tertiary/aromatic N) is 1. The van der Waals surface area contributed by atoms with Gasteiger partial charge in [-0.3, -0.25) is 9.69 Å². The Hall–Kier alpha value is -1.50. The zero-order valence-electron chi connectivity index (χ0n) is 15.3. The number of primary amides is 1. The second-order valence-electron chi connectivity index (χ2n) is 7.55. The van der Waals surface area contributed by atoms with Crippen LogP contribution in [-0.2, 0) is 11.3 Å². The van der Waals surface area contributed by atoms with Crippen LogP contribution in [0.4, 0.5) is 0 Å². The molecule has 0 spiro atoms. The van der Waals surface area contributed by atoms with Crippen molar-refractivity contribution in [2.75, 3.05) is 20.8 Å². The first-order valence-electron chi connectivity index (χ1n) is 9.03. The van der Waals surface area contributed by atoms with Crippen molar-refractivity contribution in [1.29, 1.82) is 0 Å². The van der Waals surface area contributed by atoms with Gasteiger partial charge in [-0.15, -0.1) is 0 Å². The van der Waals surface area contributed by atoms with Crippen LogP contribution in [0.1, 0.15) is 31.2 Å². The number of carbonyl (C=O) groups is 1. The van der Waals surface area contributed by atoms with Gasteiger partial charge in [0.25, 0.3) is 5.91 Å². The Kier molecular flexibility index (Phi) is 5.95. The molecule has 1 amide bonds. The Morgan fingerprint density at radius 2 is 1.96 bits per heavy atom. The lowest BCUT2D eigenvalue weighted by Crippen LogP contribution is -2.30. The van der Waals surface area contributed by atoms with E-state index in [2.05, 4.69) is 11.9 Å². The van der Waals surface area contributed by atoms with Crippen LogP contribution >= 0.6 is 11.6 Å². The number of nitrogens with two attached hydrogens (primary N) is 1. The zero-order chi connectivity index (χ0) is 18.8. The molecule has 2 aliphatic carbocycles. The van der Waals surface area contributed by atoms with E-state index in [4.69, 9.17) is 26.8 Å². The number of ether oxygens (including phenoxy) is 2. The molecule has 144 valence electrons. The van der Waals surface area contributed by atoms with Crippen molar-refractivity contribution in [3.63, 3.8) is 0 Å². The molecule has 2 aliphatic rings. The number of fused-ring (bicyclic) bond motifs is 1. The molecule has 1 aromatic rings. The Bertz CT molecular complexity index is 655. The van der Waals surface area contributed by atoms with Gasteiger partial charge in [-0.2, -0.15) is 0 Å². The van der Waals surface area contributed by atoms with Gasteiger partial charge in [0.05, 0.1) is 18.2 Å². The van der Waals surface area contributed by atoms with E-state index >= 15 is 0 Å². The molecular formula is C19H27ClN2O4. The predicted molar refractivity (Wildman–Crippen MR) is 99.4 cm³/mol. The highest BCUT2D eigenvalue weighted by molar-refractivity contribution is 6.32. The number of carbonyl (C=O) groups excluding carboxylic acids is 1. The third kappa shape index (κ3) is 4.24. The van der Waals surface area contributed by atoms with Gasteiger partial charge in [0.15, 0.2) is 18.1 Å². The van der Waals surface area contributed by atoms with Crippen LogP contribution in [0.3, 0.4) is 0 Å². The molecular weight excluding hydrogens is 356 g/mol. The normalized spacial score (nSPS) is 27.6. The third-order valence-corrected chi connectivity index (χ3v) is 5.95. The average molecular weight is 383 g/mol. The second kappa shape index (κ2) is 8.03. The summed E-state index contributed by atoms with van der Waals surface area (Å²) in [6, 6.07) is 4.25. The minimum absolute atomic E-state index is 0.104. The number of benzene rings is 1. The highest BCUT2D eigenvalue weighted by atomic mass is 35.5. The molecule has 2 saturated carbocycles. The Morgan fingerprint density at radius 3 is 2.54 bits per heavy atom. The summed E-state index contributed by atoms with van der Waals surface area (Å²) < 4.78 is 10.7. The van der Waals surface area contributed by atoms with Crippen LogP contribution in [0, 0.1) is 11.8 Å². The molecule has 0 heterocycles. The van der Waals surface area contributed by atoms with Gasteiger partial charge in [0, 0.05) is 12.6 Å². The average Bonchev–Trinajstić information content (AvgIpc) is 3.10. The third-order valence-electron chi connectivity index (χ3n) is 5.67. The lowest BCUT2D eigenvalue weighted by atomic mass is 10.0.